The average Bonchev–Trinajstić information content (AvgIpc) is 3.56. The minimum Gasteiger partial charge on any atom is -0.303 e. The Balaban J connectivity index is 1.33. The SMILES string of the molecule is Cc1ccc(C(C)C)c(N2C(=O)CS/C2=N\C(=O)Nc2ccc(-c3ncn(-c4ccc(C(F)(F)F)cc4)n3)cc2F)c1. The lowest BCUT2D eigenvalue weighted by molar-refractivity contribution is -0.137. The summed E-state index contributed by atoms with van der Waals surface area (Å²) in [5, 5.41) is 6.82. The molecule has 0 saturated carbocycles. The zero-order valence-corrected chi connectivity index (χ0v) is 23.4. The quantitative estimate of drug-likeness (QED) is 0.246. The largest absolute Gasteiger partial charge is 0.416 e. The molecule has 1 aliphatic heterocycles. The van der Waals surface area contributed by atoms with Crippen LogP contribution in [0.2, 0.25) is 0 Å². The third kappa shape index (κ3) is 6.05. The van der Waals surface area contributed by atoms with Gasteiger partial charge in [-0.05, 0) is 72.5 Å². The van der Waals surface area contributed by atoms with Crippen LogP contribution in [-0.2, 0) is 11.0 Å². The molecule has 1 N–H and O–H groups in total. The lowest BCUT2D eigenvalue weighted by atomic mass is 9.99. The van der Waals surface area contributed by atoms with Crippen LogP contribution in [0, 0.1) is 12.7 Å². The molecule has 3 aromatic carbocycles. The highest BCUT2D eigenvalue weighted by atomic mass is 32.2. The molecule has 1 aliphatic rings. The van der Waals surface area contributed by atoms with Gasteiger partial charge in [0.15, 0.2) is 11.0 Å². The first-order valence-electron chi connectivity index (χ1n) is 12.8. The zero-order chi connectivity index (χ0) is 30.2. The Morgan fingerprint density at radius 3 is 2.48 bits per heavy atom. The fraction of sp³-hybridized carbons (Fsp3) is 0.207. The second kappa shape index (κ2) is 11.4. The van der Waals surface area contributed by atoms with Gasteiger partial charge in [-0.3, -0.25) is 9.69 Å². The van der Waals surface area contributed by atoms with E-state index in [4.69, 9.17) is 0 Å². The molecule has 1 fully saturated rings. The van der Waals surface area contributed by atoms with Crippen molar-refractivity contribution in [1.29, 1.82) is 0 Å². The Kier molecular flexibility index (Phi) is 7.87. The van der Waals surface area contributed by atoms with E-state index in [2.05, 4.69) is 20.4 Å². The molecule has 5 rings (SSSR count). The van der Waals surface area contributed by atoms with Crippen molar-refractivity contribution >= 4 is 40.2 Å². The van der Waals surface area contributed by atoms with Crippen molar-refractivity contribution in [3.63, 3.8) is 0 Å². The lowest BCUT2D eigenvalue weighted by Gasteiger charge is -2.22. The summed E-state index contributed by atoms with van der Waals surface area (Å²) in [6.45, 7) is 5.92. The highest BCUT2D eigenvalue weighted by Gasteiger charge is 2.33. The number of amidine groups is 1. The van der Waals surface area contributed by atoms with E-state index in [0.717, 1.165) is 41.1 Å². The number of nitrogens with zero attached hydrogens (tertiary/aromatic N) is 5. The Hall–Kier alpha value is -4.52. The van der Waals surface area contributed by atoms with Crippen LogP contribution in [0.15, 0.2) is 72.0 Å². The number of rotatable bonds is 5. The van der Waals surface area contributed by atoms with Crippen molar-refractivity contribution in [3.8, 4) is 17.1 Å². The number of benzene rings is 3. The normalized spacial score (nSPS) is 14.7. The molecule has 0 bridgehead atoms. The Bertz CT molecular complexity index is 1700. The van der Waals surface area contributed by atoms with Crippen LogP contribution in [0.3, 0.4) is 0 Å². The van der Waals surface area contributed by atoms with E-state index in [0.29, 0.717) is 11.4 Å². The smallest absolute Gasteiger partial charge is 0.303 e. The van der Waals surface area contributed by atoms with Crippen molar-refractivity contribution in [2.24, 2.45) is 4.99 Å². The van der Waals surface area contributed by atoms with Crippen LogP contribution >= 0.6 is 11.8 Å². The standard InChI is InChI=1S/C29H24F4N6O2S/c1-16(2)21-10-4-17(3)12-24(21)39-25(40)14-42-28(39)36-27(41)35-23-11-5-18(13-22(23)30)26-34-15-38(37-26)20-8-6-19(7-9-20)29(31,32)33/h4-13,15-16H,14H2,1-3H3,(H,35,41)/b36-28-. The summed E-state index contributed by atoms with van der Waals surface area (Å²) in [5.41, 5.74) is 2.22. The monoisotopic (exact) mass is 596 g/mol. The number of carbonyl (C=O) groups excluding carboxylic acids is 2. The molecule has 8 nitrogen and oxygen atoms in total. The van der Waals surface area contributed by atoms with E-state index in [-0.39, 0.29) is 39.8 Å². The first-order valence-corrected chi connectivity index (χ1v) is 13.7. The van der Waals surface area contributed by atoms with Gasteiger partial charge >= 0.3 is 12.2 Å². The number of hydrogen-bond donors (Lipinski definition) is 1. The molecule has 0 aliphatic carbocycles. The topological polar surface area (TPSA) is 92.5 Å². The molecule has 0 radical (unpaired) electrons. The molecule has 4 aromatic rings. The maximum atomic E-state index is 15.0. The van der Waals surface area contributed by atoms with E-state index >= 15 is 0 Å². The van der Waals surface area contributed by atoms with Gasteiger partial charge in [-0.1, -0.05) is 37.7 Å². The number of aryl methyl sites for hydroxylation is 1. The maximum Gasteiger partial charge on any atom is 0.416 e. The molecule has 0 unspecified atom stereocenters. The van der Waals surface area contributed by atoms with Gasteiger partial charge in [0.05, 0.1) is 28.4 Å². The molecule has 0 atom stereocenters. The lowest BCUT2D eigenvalue weighted by Crippen LogP contribution is -2.31. The molecular weight excluding hydrogens is 572 g/mol. The molecular formula is C29H24F4N6O2S. The average molecular weight is 597 g/mol. The Morgan fingerprint density at radius 1 is 1.07 bits per heavy atom. The van der Waals surface area contributed by atoms with Gasteiger partial charge in [0.25, 0.3) is 0 Å². The number of aliphatic imine (C=N–C) groups is 1. The summed E-state index contributed by atoms with van der Waals surface area (Å²) >= 11 is 1.12. The zero-order valence-electron chi connectivity index (χ0n) is 22.6. The molecule has 0 spiro atoms. The van der Waals surface area contributed by atoms with E-state index in [1.54, 1.807) is 0 Å². The maximum absolute atomic E-state index is 15.0. The second-order valence-corrected chi connectivity index (χ2v) is 10.8. The van der Waals surface area contributed by atoms with E-state index < -0.39 is 23.6 Å². The fourth-order valence-corrected chi connectivity index (χ4v) is 5.18. The minimum atomic E-state index is -4.46. The summed E-state index contributed by atoms with van der Waals surface area (Å²) in [6.07, 6.45) is -3.16. The molecule has 216 valence electrons. The molecule has 3 amide bonds. The number of anilines is 2. The van der Waals surface area contributed by atoms with Crippen molar-refractivity contribution < 1.29 is 27.2 Å². The van der Waals surface area contributed by atoms with Crippen LogP contribution in [0.1, 0.15) is 36.5 Å². The first kappa shape index (κ1) is 29.0. The summed E-state index contributed by atoms with van der Waals surface area (Å²) in [6, 6.07) is 13.2. The predicted octanol–water partition coefficient (Wildman–Crippen LogP) is 7.19. The highest BCUT2D eigenvalue weighted by molar-refractivity contribution is 8.15. The summed E-state index contributed by atoms with van der Waals surface area (Å²) in [5.74, 6) is -0.621. The number of carbonyl (C=O) groups is 2. The number of aromatic nitrogens is 3. The number of hydrogen-bond acceptors (Lipinski definition) is 5. The van der Waals surface area contributed by atoms with Crippen LogP contribution in [0.4, 0.5) is 33.7 Å². The third-order valence-electron chi connectivity index (χ3n) is 6.43. The first-order chi connectivity index (χ1) is 19.9. The van der Waals surface area contributed by atoms with Crippen LogP contribution < -0.4 is 10.2 Å². The van der Waals surface area contributed by atoms with E-state index in [1.165, 1.54) is 40.2 Å². The minimum absolute atomic E-state index is 0.118. The number of thioether (sulfide) groups is 1. The number of halogens is 4. The van der Waals surface area contributed by atoms with E-state index in [9.17, 15) is 27.2 Å². The predicted molar refractivity (Wildman–Crippen MR) is 153 cm³/mol. The van der Waals surface area contributed by atoms with Crippen molar-refractivity contribution in [2.45, 2.75) is 32.9 Å². The van der Waals surface area contributed by atoms with Gasteiger partial charge < -0.3 is 5.32 Å². The van der Waals surface area contributed by atoms with Crippen LogP contribution in [0.5, 0.6) is 0 Å². The Morgan fingerprint density at radius 2 is 1.81 bits per heavy atom. The van der Waals surface area contributed by atoms with Gasteiger partial charge in [-0.25, -0.2) is 18.9 Å². The van der Waals surface area contributed by atoms with Gasteiger partial charge in [-0.2, -0.15) is 18.2 Å². The van der Waals surface area contributed by atoms with Crippen LogP contribution in [-0.4, -0.2) is 37.6 Å². The van der Waals surface area contributed by atoms with Crippen molar-refractivity contribution in [2.75, 3.05) is 16.0 Å². The highest BCUT2D eigenvalue weighted by Crippen LogP contribution is 2.34. The molecule has 42 heavy (non-hydrogen) atoms. The van der Waals surface area contributed by atoms with Crippen molar-refractivity contribution in [1.82, 2.24) is 14.8 Å². The Labute approximate surface area is 242 Å². The van der Waals surface area contributed by atoms with Gasteiger partial charge in [0.2, 0.25) is 5.91 Å². The molecule has 1 aromatic heterocycles. The second-order valence-electron chi connectivity index (χ2n) is 9.81. The fourth-order valence-electron chi connectivity index (χ4n) is 4.33. The summed E-state index contributed by atoms with van der Waals surface area (Å²) in [7, 11) is 0. The summed E-state index contributed by atoms with van der Waals surface area (Å²) in [4.78, 5) is 35.1. The van der Waals surface area contributed by atoms with Gasteiger partial charge in [-0.15, -0.1) is 5.10 Å². The van der Waals surface area contributed by atoms with Gasteiger partial charge in [0.1, 0.15) is 12.1 Å². The molecule has 1 saturated heterocycles. The van der Waals surface area contributed by atoms with Crippen LogP contribution in [0.25, 0.3) is 17.1 Å². The number of amides is 3. The molecule has 13 heteroatoms. The number of urea groups is 1. The van der Waals surface area contributed by atoms with E-state index in [1.807, 2.05) is 39.0 Å². The van der Waals surface area contributed by atoms with Crippen molar-refractivity contribution in [3.05, 3.63) is 89.5 Å². The third-order valence-corrected chi connectivity index (χ3v) is 7.35. The summed E-state index contributed by atoms with van der Waals surface area (Å²) < 4.78 is 54.8. The number of alkyl halides is 3. The number of nitrogens with one attached hydrogen (secondary N) is 1. The van der Waals surface area contributed by atoms with Gasteiger partial charge in [0, 0.05) is 5.56 Å². The molecule has 2 heterocycles.